The number of pyridine rings is 1. The summed E-state index contributed by atoms with van der Waals surface area (Å²) in [6.45, 7) is 2.44. The third-order valence-corrected chi connectivity index (χ3v) is 8.95. The first-order valence-electron chi connectivity index (χ1n) is 14.4. The van der Waals surface area contributed by atoms with E-state index in [1.54, 1.807) is 14.0 Å². The largest absolute Gasteiger partial charge is 0.481 e. The zero-order valence-electron chi connectivity index (χ0n) is 24.7. The Balaban J connectivity index is 1.97. The zero-order valence-corrected chi connectivity index (χ0v) is 26.3. The summed E-state index contributed by atoms with van der Waals surface area (Å²) < 4.78 is 7.00. The van der Waals surface area contributed by atoms with Crippen molar-refractivity contribution in [3.05, 3.63) is 118 Å². The molecular weight excluding hydrogens is 588 g/mol. The lowest BCUT2D eigenvalue weighted by Gasteiger charge is -2.50. The van der Waals surface area contributed by atoms with E-state index >= 15 is 0 Å². The number of nitrogens with zero attached hydrogens (tertiary/aromatic N) is 2. The fourth-order valence-corrected chi connectivity index (χ4v) is 6.77. The molecule has 5 rings (SSSR count). The van der Waals surface area contributed by atoms with E-state index in [0.29, 0.717) is 31.7 Å². The Labute approximate surface area is 256 Å². The third kappa shape index (κ3) is 5.57. The number of hydrogen-bond donors (Lipinski definition) is 2. The lowest BCUT2D eigenvalue weighted by molar-refractivity contribution is -0.0485. The lowest BCUT2D eigenvalue weighted by Crippen LogP contribution is -2.52. The Morgan fingerprint density at radius 2 is 1.57 bits per heavy atom. The number of halogens is 1. The molecule has 1 unspecified atom stereocenters. The zero-order chi connectivity index (χ0) is 29.9. The predicted molar refractivity (Wildman–Crippen MR) is 175 cm³/mol. The van der Waals surface area contributed by atoms with Crippen LogP contribution in [0.15, 0.2) is 102 Å². The van der Waals surface area contributed by atoms with Crippen LogP contribution in [-0.2, 0) is 11.0 Å². The van der Waals surface area contributed by atoms with Crippen molar-refractivity contribution in [2.24, 2.45) is 0 Å². The van der Waals surface area contributed by atoms with Crippen molar-refractivity contribution in [1.29, 1.82) is 0 Å². The van der Waals surface area contributed by atoms with Gasteiger partial charge in [-0.1, -0.05) is 88.7 Å². The molecule has 4 aromatic carbocycles. The molecule has 0 aliphatic carbocycles. The van der Waals surface area contributed by atoms with Gasteiger partial charge in [0.2, 0.25) is 5.88 Å². The molecule has 42 heavy (non-hydrogen) atoms. The number of benzene rings is 4. The van der Waals surface area contributed by atoms with Gasteiger partial charge in [0, 0.05) is 22.0 Å². The fraction of sp³-hybridized carbons (Fsp3) is 0.306. The Morgan fingerprint density at radius 1 is 0.857 bits per heavy atom. The summed E-state index contributed by atoms with van der Waals surface area (Å²) in [7, 11) is 5.69. The molecule has 1 aromatic heterocycles. The second-order valence-electron chi connectivity index (χ2n) is 11.5. The van der Waals surface area contributed by atoms with Gasteiger partial charge in [-0.15, -0.1) is 0 Å². The molecule has 0 aliphatic rings. The van der Waals surface area contributed by atoms with Crippen LogP contribution < -0.4 is 4.74 Å². The summed E-state index contributed by atoms with van der Waals surface area (Å²) in [6.07, 6.45) is 0.776. The topological polar surface area (TPSA) is 65.8 Å². The molecule has 0 bridgehead atoms. The highest BCUT2D eigenvalue weighted by molar-refractivity contribution is 9.10. The number of aliphatic hydroxyl groups is 2. The average Bonchev–Trinajstić information content (AvgIpc) is 3.00. The van der Waals surface area contributed by atoms with Crippen molar-refractivity contribution in [2.45, 2.75) is 43.3 Å². The smallest absolute Gasteiger partial charge is 0.217 e. The van der Waals surface area contributed by atoms with Gasteiger partial charge < -0.3 is 19.8 Å². The molecule has 0 fully saturated rings. The van der Waals surface area contributed by atoms with Crippen molar-refractivity contribution >= 4 is 37.6 Å². The standard InChI is InChI=1S/C36H39BrN2O3/c1-25(40)19-20-35(28-13-6-5-7-14-28,32-24-27-23-29(37)17-18-33(27)38-34(32)42-4)36(41,21-22-39(2)3)31-16-10-12-26-11-8-9-15-30(26)31/h5-18,23-25,40-41H,19-22H2,1-4H3/t25?,35-,36+/m1/s1. The van der Waals surface area contributed by atoms with Gasteiger partial charge >= 0.3 is 0 Å². The first-order valence-corrected chi connectivity index (χ1v) is 15.2. The van der Waals surface area contributed by atoms with E-state index in [4.69, 9.17) is 9.72 Å². The number of methoxy groups -OCH3 is 1. The summed E-state index contributed by atoms with van der Waals surface area (Å²) in [6, 6.07) is 32.7. The molecule has 218 valence electrons. The van der Waals surface area contributed by atoms with E-state index in [2.05, 4.69) is 63.3 Å². The van der Waals surface area contributed by atoms with Crippen LogP contribution in [0.5, 0.6) is 5.88 Å². The predicted octanol–water partition coefficient (Wildman–Crippen LogP) is 7.45. The van der Waals surface area contributed by atoms with Gasteiger partial charge in [0.05, 0.1) is 24.1 Å². The van der Waals surface area contributed by atoms with Crippen molar-refractivity contribution in [2.75, 3.05) is 27.7 Å². The molecule has 5 nitrogen and oxygen atoms in total. The number of fused-ring (bicyclic) bond motifs is 2. The van der Waals surface area contributed by atoms with Crippen LogP contribution in [0.4, 0.5) is 0 Å². The molecule has 0 radical (unpaired) electrons. The van der Waals surface area contributed by atoms with E-state index in [1.165, 1.54) is 0 Å². The summed E-state index contributed by atoms with van der Waals surface area (Å²) in [5.74, 6) is 0.461. The van der Waals surface area contributed by atoms with Gasteiger partial charge in [0.15, 0.2) is 0 Å². The quantitative estimate of drug-likeness (QED) is 0.159. The normalized spacial score (nSPS) is 15.4. The molecule has 0 saturated heterocycles. The number of hydrogen-bond acceptors (Lipinski definition) is 5. The van der Waals surface area contributed by atoms with E-state index < -0.39 is 17.1 Å². The van der Waals surface area contributed by atoms with Crippen molar-refractivity contribution in [3.63, 3.8) is 0 Å². The minimum Gasteiger partial charge on any atom is -0.481 e. The van der Waals surface area contributed by atoms with Gasteiger partial charge in [-0.25, -0.2) is 4.98 Å². The summed E-state index contributed by atoms with van der Waals surface area (Å²) in [5.41, 5.74) is 0.904. The van der Waals surface area contributed by atoms with Crippen LogP contribution in [0.25, 0.3) is 21.7 Å². The SMILES string of the molecule is COc1nc2ccc(Br)cc2cc1[C@@](CCC(C)O)(c1ccccc1)[C@](O)(CCN(C)C)c1cccc2ccccc12. The van der Waals surface area contributed by atoms with Gasteiger partial charge in [-0.3, -0.25) is 0 Å². The number of aliphatic hydroxyl groups excluding tert-OH is 1. The van der Waals surface area contributed by atoms with E-state index in [9.17, 15) is 10.2 Å². The third-order valence-electron chi connectivity index (χ3n) is 8.46. The molecule has 0 saturated carbocycles. The van der Waals surface area contributed by atoms with Gasteiger partial charge in [0.1, 0.15) is 5.60 Å². The Hall–Kier alpha value is -3.29. The molecule has 0 spiro atoms. The van der Waals surface area contributed by atoms with Crippen molar-refractivity contribution in [3.8, 4) is 5.88 Å². The maximum atomic E-state index is 13.7. The molecule has 5 aromatic rings. The van der Waals surface area contributed by atoms with Crippen LogP contribution in [-0.4, -0.2) is 54.0 Å². The van der Waals surface area contributed by atoms with Crippen LogP contribution in [0, 0.1) is 0 Å². The van der Waals surface area contributed by atoms with E-state index in [1.807, 2.05) is 68.7 Å². The maximum Gasteiger partial charge on any atom is 0.217 e. The van der Waals surface area contributed by atoms with Crippen molar-refractivity contribution < 1.29 is 14.9 Å². The maximum absolute atomic E-state index is 13.7. The van der Waals surface area contributed by atoms with Crippen LogP contribution in [0.1, 0.15) is 42.9 Å². The minimum atomic E-state index is -1.43. The first kappa shape index (κ1) is 30.2. The lowest BCUT2D eigenvalue weighted by atomic mass is 9.56. The highest BCUT2D eigenvalue weighted by atomic mass is 79.9. The monoisotopic (exact) mass is 626 g/mol. The van der Waals surface area contributed by atoms with Gasteiger partial charge in [0.25, 0.3) is 0 Å². The second-order valence-corrected chi connectivity index (χ2v) is 12.4. The fourth-order valence-electron chi connectivity index (χ4n) is 6.39. The van der Waals surface area contributed by atoms with Crippen LogP contribution in [0.3, 0.4) is 0 Å². The second kappa shape index (κ2) is 12.5. The Bertz CT molecular complexity index is 1670. The average molecular weight is 628 g/mol. The molecule has 1 heterocycles. The molecule has 2 N–H and O–H groups in total. The van der Waals surface area contributed by atoms with Crippen LogP contribution >= 0.6 is 15.9 Å². The molecule has 3 atom stereocenters. The first-order chi connectivity index (χ1) is 20.2. The molecule has 0 aliphatic heterocycles. The summed E-state index contributed by atoms with van der Waals surface area (Å²) in [5, 5.41) is 27.4. The summed E-state index contributed by atoms with van der Waals surface area (Å²) >= 11 is 3.63. The van der Waals surface area contributed by atoms with E-state index in [0.717, 1.165) is 42.8 Å². The Morgan fingerprint density at radius 3 is 2.29 bits per heavy atom. The highest BCUT2D eigenvalue weighted by Gasteiger charge is 2.55. The number of rotatable bonds is 11. The summed E-state index contributed by atoms with van der Waals surface area (Å²) in [4.78, 5) is 7.10. The molecular formula is C36H39BrN2O3. The highest BCUT2D eigenvalue weighted by Crippen LogP contribution is 2.56. The van der Waals surface area contributed by atoms with Gasteiger partial charge in [-0.05, 0) is 86.4 Å². The molecule has 0 amide bonds. The van der Waals surface area contributed by atoms with Crippen molar-refractivity contribution in [1.82, 2.24) is 9.88 Å². The molecule has 6 heteroatoms. The van der Waals surface area contributed by atoms with Gasteiger partial charge in [-0.2, -0.15) is 0 Å². The van der Waals surface area contributed by atoms with Crippen LogP contribution in [0.2, 0.25) is 0 Å². The Kier molecular flexibility index (Phi) is 9.00. The minimum absolute atomic E-state index is 0.433. The number of ether oxygens (including phenoxy) is 1. The number of aromatic nitrogens is 1. The van der Waals surface area contributed by atoms with E-state index in [-0.39, 0.29) is 0 Å².